The number of phosphoric acid groups is 1. The molecular formula is C52H90NO7P. The maximum absolute atomic E-state index is 12.7. The van der Waals surface area contributed by atoms with Gasteiger partial charge in [-0.15, -0.1) is 0 Å². The second kappa shape index (κ2) is 44.0. The number of ether oxygens (including phenoxy) is 2. The number of hydrogen-bond acceptors (Lipinski definition) is 7. The molecule has 2 unspecified atom stereocenters. The van der Waals surface area contributed by atoms with Gasteiger partial charge < -0.3 is 27.9 Å². The van der Waals surface area contributed by atoms with Crippen LogP contribution in [0, 0.1) is 0 Å². The summed E-state index contributed by atoms with van der Waals surface area (Å²) in [5.74, 6) is -0.369. The van der Waals surface area contributed by atoms with Crippen molar-refractivity contribution < 1.29 is 37.3 Å². The van der Waals surface area contributed by atoms with Crippen LogP contribution in [0.4, 0.5) is 0 Å². The van der Waals surface area contributed by atoms with Crippen LogP contribution in [0.25, 0.3) is 0 Å². The van der Waals surface area contributed by atoms with Gasteiger partial charge in [0.2, 0.25) is 0 Å². The normalized spacial score (nSPS) is 14.5. The van der Waals surface area contributed by atoms with Gasteiger partial charge in [-0.2, -0.15) is 0 Å². The van der Waals surface area contributed by atoms with Gasteiger partial charge in [0.25, 0.3) is 7.82 Å². The summed E-state index contributed by atoms with van der Waals surface area (Å²) in [5.41, 5.74) is 0. The van der Waals surface area contributed by atoms with E-state index in [0.29, 0.717) is 24.1 Å². The van der Waals surface area contributed by atoms with Crippen LogP contribution < -0.4 is 4.89 Å². The molecule has 0 fully saturated rings. The van der Waals surface area contributed by atoms with Crippen LogP contribution in [-0.2, 0) is 27.9 Å². The smallest absolute Gasteiger partial charge is 0.306 e. The SMILES string of the molecule is CC/C=C\C/C=C\C/C=C\C/C=C\C/C=C\CCCCCCCCCCCCOCC(COP(=O)([O-])OCC[N+](C)(C)C)OC(=O)CCCCC/C=C\C/C=C\C/C=C\CC. The third kappa shape index (κ3) is 48.3. The molecule has 350 valence electrons. The van der Waals surface area contributed by atoms with E-state index < -0.39 is 13.9 Å². The number of likely N-dealkylation sites (N-methyl/N-ethyl adjacent to an activating group) is 1. The zero-order valence-corrected chi connectivity index (χ0v) is 40.5. The lowest BCUT2D eigenvalue weighted by molar-refractivity contribution is -0.870. The average Bonchev–Trinajstić information content (AvgIpc) is 3.22. The van der Waals surface area contributed by atoms with E-state index in [-0.39, 0.29) is 32.2 Å². The van der Waals surface area contributed by atoms with Gasteiger partial charge in [-0.1, -0.05) is 169 Å². The van der Waals surface area contributed by atoms with Crippen molar-refractivity contribution in [3.63, 3.8) is 0 Å². The summed E-state index contributed by atoms with van der Waals surface area (Å²) in [6.45, 7) is 5.11. The summed E-state index contributed by atoms with van der Waals surface area (Å²) in [5, 5.41) is 0. The largest absolute Gasteiger partial charge is 0.756 e. The number of phosphoric ester groups is 1. The summed E-state index contributed by atoms with van der Waals surface area (Å²) in [7, 11) is 1.32. The number of quaternary nitrogens is 1. The Bertz CT molecular complexity index is 1290. The number of unbranched alkanes of at least 4 members (excludes halogenated alkanes) is 13. The topological polar surface area (TPSA) is 94.1 Å². The standard InChI is InChI=1S/C52H90NO7P/c1-6-8-10-12-14-16-18-20-21-22-23-24-25-26-27-28-29-30-31-32-34-36-38-40-42-44-47-57-49-51(50-59-61(55,56)58-48-46-53(3,4)5)60-52(54)45-43-41-39-37-35-33-19-17-15-13-11-9-7-2/h8-11,14-17,20-21,23-24,26-27,33,35,51H,6-7,12-13,18-19,22,25,28-32,34,36-50H2,1-5H3/b10-8-,11-9-,16-14-,17-15-,21-20-,24-23-,27-26-,35-33-. The molecule has 0 aromatic carbocycles. The number of rotatable bonds is 43. The number of carbonyl (C=O) groups excluding carboxylic acids is 1. The van der Waals surface area contributed by atoms with Crippen molar-refractivity contribution in [3.8, 4) is 0 Å². The lowest BCUT2D eigenvalue weighted by Crippen LogP contribution is -2.37. The minimum atomic E-state index is -4.54. The van der Waals surface area contributed by atoms with Crippen molar-refractivity contribution >= 4 is 13.8 Å². The molecule has 0 aromatic heterocycles. The van der Waals surface area contributed by atoms with E-state index in [1.807, 2.05) is 21.1 Å². The number of esters is 1. The maximum Gasteiger partial charge on any atom is 0.306 e. The Balaban J connectivity index is 4.16. The lowest BCUT2D eigenvalue weighted by atomic mass is 10.1. The Morgan fingerprint density at radius 1 is 0.508 bits per heavy atom. The van der Waals surface area contributed by atoms with E-state index >= 15 is 0 Å². The van der Waals surface area contributed by atoms with Gasteiger partial charge in [0.1, 0.15) is 19.3 Å². The summed E-state index contributed by atoms with van der Waals surface area (Å²) in [6, 6.07) is 0. The molecule has 0 aliphatic rings. The van der Waals surface area contributed by atoms with Crippen LogP contribution in [0.2, 0.25) is 0 Å². The zero-order chi connectivity index (χ0) is 44.8. The first-order chi connectivity index (χ1) is 29.6. The minimum absolute atomic E-state index is 0.0141. The van der Waals surface area contributed by atoms with Gasteiger partial charge in [0, 0.05) is 13.0 Å². The third-order valence-electron chi connectivity index (χ3n) is 9.63. The molecule has 0 saturated carbocycles. The van der Waals surface area contributed by atoms with Gasteiger partial charge in [0.05, 0.1) is 34.4 Å². The van der Waals surface area contributed by atoms with E-state index in [0.717, 1.165) is 83.5 Å². The van der Waals surface area contributed by atoms with Crippen LogP contribution in [-0.4, -0.2) is 70.7 Å². The van der Waals surface area contributed by atoms with Crippen LogP contribution in [0.3, 0.4) is 0 Å². The first-order valence-electron chi connectivity index (χ1n) is 24.0. The summed E-state index contributed by atoms with van der Waals surface area (Å²) < 4.78 is 34.6. The second-order valence-corrected chi connectivity index (χ2v) is 18.1. The molecule has 9 heteroatoms. The first-order valence-corrected chi connectivity index (χ1v) is 25.4. The van der Waals surface area contributed by atoms with Gasteiger partial charge in [0.15, 0.2) is 0 Å². The molecule has 0 bridgehead atoms. The second-order valence-electron chi connectivity index (χ2n) is 16.7. The van der Waals surface area contributed by atoms with Gasteiger partial charge in [-0.25, -0.2) is 0 Å². The zero-order valence-electron chi connectivity index (χ0n) is 39.6. The van der Waals surface area contributed by atoms with Gasteiger partial charge in [-0.3, -0.25) is 9.36 Å². The van der Waals surface area contributed by atoms with Crippen molar-refractivity contribution in [2.24, 2.45) is 0 Å². The molecule has 0 heterocycles. The molecule has 0 amide bonds. The molecule has 2 atom stereocenters. The summed E-state index contributed by atoms with van der Waals surface area (Å²) in [6.07, 6.45) is 60.1. The van der Waals surface area contributed by atoms with Crippen molar-refractivity contribution in [2.45, 2.75) is 174 Å². The number of carbonyl (C=O) groups is 1. The molecule has 8 nitrogen and oxygen atoms in total. The monoisotopic (exact) mass is 872 g/mol. The fraction of sp³-hybridized carbons (Fsp3) is 0.673. The molecular weight excluding hydrogens is 782 g/mol. The fourth-order valence-corrected chi connectivity index (χ4v) is 6.73. The molecule has 61 heavy (non-hydrogen) atoms. The lowest BCUT2D eigenvalue weighted by Gasteiger charge is -2.28. The first kappa shape index (κ1) is 58.4. The molecule has 0 aliphatic carbocycles. The molecule has 0 saturated heterocycles. The highest BCUT2D eigenvalue weighted by Gasteiger charge is 2.20. The van der Waals surface area contributed by atoms with Crippen LogP contribution in [0.1, 0.15) is 168 Å². The highest BCUT2D eigenvalue weighted by molar-refractivity contribution is 7.45. The highest BCUT2D eigenvalue weighted by Crippen LogP contribution is 2.38. The average molecular weight is 872 g/mol. The minimum Gasteiger partial charge on any atom is -0.756 e. The number of hydrogen-bond donors (Lipinski definition) is 0. The van der Waals surface area contributed by atoms with E-state index in [1.165, 1.54) is 57.8 Å². The van der Waals surface area contributed by atoms with E-state index in [2.05, 4.69) is 111 Å². The molecule has 0 radical (unpaired) electrons. The number of nitrogens with zero attached hydrogens (tertiary/aromatic N) is 1. The van der Waals surface area contributed by atoms with Crippen molar-refractivity contribution in [3.05, 3.63) is 97.2 Å². The maximum atomic E-state index is 12.7. The van der Waals surface area contributed by atoms with E-state index in [1.54, 1.807) is 0 Å². The third-order valence-corrected chi connectivity index (χ3v) is 10.6. The van der Waals surface area contributed by atoms with Crippen LogP contribution in [0.5, 0.6) is 0 Å². The Labute approximate surface area is 375 Å². The van der Waals surface area contributed by atoms with Gasteiger partial charge in [-0.05, 0) is 89.9 Å². The van der Waals surface area contributed by atoms with E-state index in [9.17, 15) is 14.3 Å². The predicted molar refractivity (Wildman–Crippen MR) is 258 cm³/mol. The Morgan fingerprint density at radius 3 is 1.34 bits per heavy atom. The highest BCUT2D eigenvalue weighted by atomic mass is 31.2. The van der Waals surface area contributed by atoms with Crippen LogP contribution in [0.15, 0.2) is 97.2 Å². The number of allylic oxidation sites excluding steroid dienone is 16. The van der Waals surface area contributed by atoms with Crippen LogP contribution >= 0.6 is 7.82 Å². The summed E-state index contributed by atoms with van der Waals surface area (Å²) in [4.78, 5) is 25.1. The molecule has 0 aliphatic heterocycles. The quantitative estimate of drug-likeness (QED) is 0.0198. The molecule has 0 rings (SSSR count). The Hall–Kier alpha value is -2.58. The van der Waals surface area contributed by atoms with Gasteiger partial charge >= 0.3 is 5.97 Å². The Kier molecular flexibility index (Phi) is 42.2. The molecule has 0 spiro atoms. The van der Waals surface area contributed by atoms with Crippen molar-refractivity contribution in [2.75, 3.05) is 54.1 Å². The summed E-state index contributed by atoms with van der Waals surface area (Å²) >= 11 is 0. The predicted octanol–water partition coefficient (Wildman–Crippen LogP) is 14.0. The Morgan fingerprint density at radius 2 is 0.902 bits per heavy atom. The van der Waals surface area contributed by atoms with Crippen molar-refractivity contribution in [1.82, 2.24) is 0 Å². The van der Waals surface area contributed by atoms with E-state index in [4.69, 9.17) is 18.5 Å². The fourth-order valence-electron chi connectivity index (χ4n) is 6.00. The van der Waals surface area contributed by atoms with Crippen molar-refractivity contribution in [1.29, 1.82) is 0 Å². The molecule has 0 aromatic rings. The molecule has 0 N–H and O–H groups in total.